The molecule has 5 aromatic rings. The van der Waals surface area contributed by atoms with Gasteiger partial charge in [0.05, 0.1) is 33.1 Å². The first-order chi connectivity index (χ1) is 18.5. The van der Waals surface area contributed by atoms with Crippen molar-refractivity contribution in [2.24, 2.45) is 0 Å². The fourth-order valence-electron chi connectivity index (χ4n) is 4.54. The van der Waals surface area contributed by atoms with E-state index in [1.165, 1.54) is 16.8 Å². The molecule has 11 heteroatoms. The van der Waals surface area contributed by atoms with E-state index in [0.717, 1.165) is 39.3 Å². The number of nitrogens with zero attached hydrogens (tertiary/aromatic N) is 3. The zero-order valence-electron chi connectivity index (χ0n) is 19.9. The van der Waals surface area contributed by atoms with Crippen molar-refractivity contribution >= 4 is 68.8 Å². The van der Waals surface area contributed by atoms with Gasteiger partial charge in [-0.25, -0.2) is 15.0 Å². The summed E-state index contributed by atoms with van der Waals surface area (Å²) < 4.78 is 0. The average Bonchev–Trinajstić information content (AvgIpc) is 3.55. The van der Waals surface area contributed by atoms with Crippen LogP contribution in [0.4, 0.5) is 0 Å². The minimum atomic E-state index is -0.750. The van der Waals surface area contributed by atoms with Crippen LogP contribution in [0.15, 0.2) is 72.8 Å². The molecule has 8 nitrogen and oxygen atoms in total. The molecule has 6 rings (SSSR count). The van der Waals surface area contributed by atoms with Crippen molar-refractivity contribution in [3.05, 3.63) is 95.0 Å². The van der Waals surface area contributed by atoms with Gasteiger partial charge in [-0.2, -0.15) is 0 Å². The lowest BCUT2D eigenvalue weighted by molar-refractivity contribution is -0.155. The Hall–Kier alpha value is -3.53. The van der Waals surface area contributed by atoms with Crippen LogP contribution >= 0.6 is 35.0 Å². The number of hydrazine groups is 1. The molecule has 1 aliphatic heterocycles. The molecule has 0 saturated carbocycles. The van der Waals surface area contributed by atoms with Gasteiger partial charge in [-0.1, -0.05) is 48.0 Å². The van der Waals surface area contributed by atoms with Gasteiger partial charge in [0.2, 0.25) is 5.91 Å². The van der Waals surface area contributed by atoms with E-state index < -0.39 is 11.4 Å². The number of fused-ring (bicyclic) bond motifs is 2. The summed E-state index contributed by atoms with van der Waals surface area (Å²) in [6.07, 6.45) is 0.534. The highest BCUT2D eigenvalue weighted by molar-refractivity contribution is 8.00. The predicted molar refractivity (Wildman–Crippen MR) is 150 cm³/mol. The van der Waals surface area contributed by atoms with Crippen LogP contribution in [0, 0.1) is 0 Å². The number of thioether (sulfide) groups is 1. The van der Waals surface area contributed by atoms with Crippen molar-refractivity contribution in [2.75, 3.05) is 5.75 Å². The molecule has 3 aromatic carbocycles. The minimum absolute atomic E-state index is 0.103. The second-order valence-electron chi connectivity index (χ2n) is 8.98. The number of carbonyl (C=O) groups is 2. The van der Waals surface area contributed by atoms with Crippen molar-refractivity contribution in [2.45, 2.75) is 23.1 Å². The Balaban J connectivity index is 1.18. The number of amides is 2. The quantitative estimate of drug-likeness (QED) is 0.174. The molecule has 1 fully saturated rings. The van der Waals surface area contributed by atoms with Gasteiger partial charge in [-0.05, 0) is 42.0 Å². The van der Waals surface area contributed by atoms with E-state index in [9.17, 15) is 9.59 Å². The summed E-state index contributed by atoms with van der Waals surface area (Å²) in [5.74, 6) is 1.00. The molecule has 1 saturated heterocycles. The molecular formula is C27H22Cl2N6O2S. The summed E-state index contributed by atoms with van der Waals surface area (Å²) in [6, 6.07) is 22.2. The number of imidazole rings is 2. The third-order valence-electron chi connectivity index (χ3n) is 6.43. The van der Waals surface area contributed by atoms with Crippen LogP contribution in [0.1, 0.15) is 28.5 Å². The van der Waals surface area contributed by atoms with E-state index in [2.05, 4.69) is 15.4 Å². The van der Waals surface area contributed by atoms with E-state index in [1.54, 1.807) is 24.3 Å². The smallest absolute Gasteiger partial charge is 0.262 e. The largest absolute Gasteiger partial charge is 0.342 e. The summed E-state index contributed by atoms with van der Waals surface area (Å²) in [7, 11) is 0. The van der Waals surface area contributed by atoms with Crippen LogP contribution in [0.25, 0.3) is 22.1 Å². The standard InChI is InChI=1S/C27H22Cl2N6O2S/c28-16-11-9-15(10-12-16)25-24(29)27(37)35(25)34-23(36)14-38-21(26-32-19-7-3-4-8-20(19)33-26)13-22-30-17-5-1-2-6-18(17)31-22/h1-12,21,24-25H,13-14H2,(H,30,31)(H,32,33)(H,34,36). The molecule has 2 amide bonds. The molecular weight excluding hydrogens is 543 g/mol. The van der Waals surface area contributed by atoms with E-state index >= 15 is 0 Å². The maximum atomic E-state index is 13.0. The number of para-hydroxylation sites is 4. The first-order valence-electron chi connectivity index (χ1n) is 12.0. The van der Waals surface area contributed by atoms with Crippen LogP contribution in [0.2, 0.25) is 5.02 Å². The molecule has 0 spiro atoms. The Morgan fingerprint density at radius 1 is 0.974 bits per heavy atom. The predicted octanol–water partition coefficient (Wildman–Crippen LogP) is 5.33. The number of aromatic nitrogens is 4. The second-order valence-corrected chi connectivity index (χ2v) is 11.1. The summed E-state index contributed by atoms with van der Waals surface area (Å²) in [4.78, 5) is 41.7. The fraction of sp³-hybridized carbons (Fsp3) is 0.185. The van der Waals surface area contributed by atoms with Gasteiger partial charge in [0.25, 0.3) is 5.91 Å². The van der Waals surface area contributed by atoms with Crippen LogP contribution < -0.4 is 5.43 Å². The SMILES string of the molecule is O=C(CSC(Cc1nc2ccccc2[nH]1)c1nc2ccccc2[nH]1)NN1C(=O)C(Cl)C1c1ccc(Cl)cc1. The van der Waals surface area contributed by atoms with Crippen molar-refractivity contribution < 1.29 is 9.59 Å². The topological polar surface area (TPSA) is 107 Å². The maximum absolute atomic E-state index is 13.0. The Morgan fingerprint density at radius 3 is 2.32 bits per heavy atom. The number of halogens is 2. The Bertz CT molecular complexity index is 1570. The molecule has 3 atom stereocenters. The first kappa shape index (κ1) is 24.8. The van der Waals surface area contributed by atoms with Gasteiger partial charge in [0.1, 0.15) is 23.1 Å². The van der Waals surface area contributed by atoms with Gasteiger partial charge < -0.3 is 9.97 Å². The number of carbonyl (C=O) groups excluding carboxylic acids is 2. The van der Waals surface area contributed by atoms with Crippen molar-refractivity contribution in [1.82, 2.24) is 30.4 Å². The Kier molecular flexibility index (Phi) is 6.73. The van der Waals surface area contributed by atoms with Crippen LogP contribution in [0.5, 0.6) is 0 Å². The lowest BCUT2D eigenvalue weighted by atomic mass is 9.95. The molecule has 3 unspecified atom stereocenters. The number of hydrogen-bond acceptors (Lipinski definition) is 5. The normalized spacial score (nSPS) is 18.1. The highest BCUT2D eigenvalue weighted by Crippen LogP contribution is 2.38. The van der Waals surface area contributed by atoms with Crippen LogP contribution in [-0.4, -0.2) is 47.9 Å². The zero-order valence-corrected chi connectivity index (χ0v) is 22.2. The molecule has 1 aliphatic rings. The second kappa shape index (κ2) is 10.3. The summed E-state index contributed by atoms with van der Waals surface area (Å²) in [6.45, 7) is 0. The number of nitrogens with one attached hydrogen (secondary N) is 3. The lowest BCUT2D eigenvalue weighted by Gasteiger charge is -2.44. The van der Waals surface area contributed by atoms with Crippen molar-refractivity contribution in [1.29, 1.82) is 0 Å². The van der Waals surface area contributed by atoms with Crippen molar-refractivity contribution in [3.63, 3.8) is 0 Å². The van der Waals surface area contributed by atoms with E-state index in [0.29, 0.717) is 11.4 Å². The van der Waals surface area contributed by atoms with Gasteiger partial charge >= 0.3 is 0 Å². The molecule has 3 N–H and O–H groups in total. The molecule has 3 heterocycles. The van der Waals surface area contributed by atoms with E-state index in [4.69, 9.17) is 33.2 Å². The van der Waals surface area contributed by atoms with Gasteiger partial charge in [-0.3, -0.25) is 15.0 Å². The van der Waals surface area contributed by atoms with Gasteiger partial charge in [0.15, 0.2) is 0 Å². The fourth-order valence-corrected chi connectivity index (χ4v) is 5.99. The highest BCUT2D eigenvalue weighted by Gasteiger charge is 2.48. The van der Waals surface area contributed by atoms with Crippen molar-refractivity contribution in [3.8, 4) is 0 Å². The Labute approximate surface area is 232 Å². The molecule has 2 aromatic heterocycles. The monoisotopic (exact) mass is 564 g/mol. The number of rotatable bonds is 8. The number of alkyl halides is 1. The van der Waals surface area contributed by atoms with E-state index in [-0.39, 0.29) is 22.8 Å². The van der Waals surface area contributed by atoms with Gasteiger partial charge in [-0.15, -0.1) is 23.4 Å². The van der Waals surface area contributed by atoms with Gasteiger partial charge in [0, 0.05) is 11.4 Å². The number of benzene rings is 3. The highest BCUT2D eigenvalue weighted by atomic mass is 35.5. The average molecular weight is 565 g/mol. The number of aromatic amines is 2. The Morgan fingerprint density at radius 2 is 1.63 bits per heavy atom. The number of hydrogen-bond donors (Lipinski definition) is 3. The summed E-state index contributed by atoms with van der Waals surface area (Å²) in [5, 5.41) is 0.937. The molecule has 0 bridgehead atoms. The zero-order chi connectivity index (χ0) is 26.2. The molecule has 0 radical (unpaired) electrons. The minimum Gasteiger partial charge on any atom is -0.342 e. The summed E-state index contributed by atoms with van der Waals surface area (Å²) in [5.41, 5.74) is 7.14. The lowest BCUT2D eigenvalue weighted by Crippen LogP contribution is -2.63. The molecule has 0 aliphatic carbocycles. The maximum Gasteiger partial charge on any atom is 0.262 e. The van der Waals surface area contributed by atoms with Crippen LogP contribution in [0.3, 0.4) is 0 Å². The summed E-state index contributed by atoms with van der Waals surface area (Å²) >= 11 is 13.7. The number of H-pyrrole nitrogens is 2. The first-order valence-corrected chi connectivity index (χ1v) is 13.8. The molecule has 192 valence electrons. The van der Waals surface area contributed by atoms with Crippen LogP contribution in [-0.2, 0) is 16.0 Å². The molecule has 38 heavy (non-hydrogen) atoms. The van der Waals surface area contributed by atoms with E-state index in [1.807, 2.05) is 48.5 Å². The third kappa shape index (κ3) is 4.84. The third-order valence-corrected chi connectivity index (χ3v) is 8.33. The number of β-lactam (4-membered cyclic amide) rings is 1.